The first kappa shape index (κ1) is 14.3. The molecule has 5 nitrogen and oxygen atoms in total. The first-order chi connectivity index (χ1) is 10.3. The van der Waals surface area contributed by atoms with E-state index in [2.05, 4.69) is 10.5 Å². The third-order valence-corrected chi connectivity index (χ3v) is 2.60. The van der Waals surface area contributed by atoms with Crippen LogP contribution >= 0.6 is 0 Å². The number of nitrogens with zero attached hydrogens (tertiary/aromatic N) is 2. The van der Waals surface area contributed by atoms with Gasteiger partial charge >= 0.3 is 0 Å². The molecule has 5 heteroatoms. The van der Waals surface area contributed by atoms with Gasteiger partial charge in [0.2, 0.25) is 0 Å². The van der Waals surface area contributed by atoms with Crippen LogP contribution in [0.15, 0.2) is 59.7 Å². The molecule has 0 unspecified atom stereocenters. The van der Waals surface area contributed by atoms with Crippen LogP contribution in [0.3, 0.4) is 0 Å². The number of rotatable bonds is 5. The maximum Gasteiger partial charge on any atom is 0.271 e. The van der Waals surface area contributed by atoms with Crippen LogP contribution < -0.4 is 10.2 Å². The Bertz CT molecular complexity index is 658. The zero-order valence-corrected chi connectivity index (χ0v) is 11.2. The van der Waals surface area contributed by atoms with E-state index in [1.807, 2.05) is 12.1 Å². The summed E-state index contributed by atoms with van der Waals surface area (Å²) in [5.74, 6) is 0.350. The van der Waals surface area contributed by atoms with Crippen molar-refractivity contribution >= 4 is 12.1 Å². The summed E-state index contributed by atoms with van der Waals surface area (Å²) in [5, 5.41) is 12.3. The molecule has 1 amide bonds. The summed E-state index contributed by atoms with van der Waals surface area (Å²) in [7, 11) is 0. The van der Waals surface area contributed by atoms with Gasteiger partial charge in [-0.15, -0.1) is 0 Å². The van der Waals surface area contributed by atoms with Crippen LogP contribution in [-0.4, -0.2) is 18.7 Å². The number of hydrogen-bond acceptors (Lipinski definition) is 4. The molecule has 21 heavy (non-hydrogen) atoms. The molecule has 104 valence electrons. The lowest BCUT2D eigenvalue weighted by Crippen LogP contribution is -2.17. The van der Waals surface area contributed by atoms with E-state index in [9.17, 15) is 4.79 Å². The Morgan fingerprint density at radius 1 is 1.19 bits per heavy atom. The number of amides is 1. The fourth-order valence-electron chi connectivity index (χ4n) is 1.59. The van der Waals surface area contributed by atoms with Gasteiger partial charge in [0, 0.05) is 5.56 Å². The van der Waals surface area contributed by atoms with Crippen molar-refractivity contribution in [2.24, 2.45) is 5.10 Å². The minimum absolute atomic E-state index is 0.0145. The summed E-state index contributed by atoms with van der Waals surface area (Å²) in [6.07, 6.45) is 1.54. The highest BCUT2D eigenvalue weighted by atomic mass is 16.5. The number of carbonyl (C=O) groups excluding carboxylic acids is 1. The van der Waals surface area contributed by atoms with E-state index in [1.54, 1.807) is 48.5 Å². The highest BCUT2D eigenvalue weighted by Gasteiger charge is 2.01. The van der Waals surface area contributed by atoms with Gasteiger partial charge in [-0.1, -0.05) is 18.2 Å². The molecule has 0 atom stereocenters. The van der Waals surface area contributed by atoms with Crippen molar-refractivity contribution < 1.29 is 9.53 Å². The molecule has 0 aromatic heterocycles. The van der Waals surface area contributed by atoms with Gasteiger partial charge in [0.15, 0.2) is 6.61 Å². The van der Waals surface area contributed by atoms with Crippen LogP contribution in [0.2, 0.25) is 0 Å². The van der Waals surface area contributed by atoms with Gasteiger partial charge in [-0.2, -0.15) is 10.4 Å². The van der Waals surface area contributed by atoms with Crippen LogP contribution in [-0.2, 0) is 0 Å². The zero-order chi connectivity index (χ0) is 14.9. The first-order valence-corrected chi connectivity index (χ1v) is 6.28. The van der Waals surface area contributed by atoms with Gasteiger partial charge in [0.1, 0.15) is 11.8 Å². The Balaban J connectivity index is 1.90. The fraction of sp³-hybridized carbons (Fsp3) is 0.0625. The molecule has 0 bridgehead atoms. The summed E-state index contributed by atoms with van der Waals surface area (Å²) in [6.45, 7) is 0.0145. The predicted octanol–water partition coefficient (Wildman–Crippen LogP) is 2.35. The average molecular weight is 279 g/mol. The highest BCUT2D eigenvalue weighted by molar-refractivity contribution is 5.94. The summed E-state index contributed by atoms with van der Waals surface area (Å²) < 4.78 is 5.14. The third-order valence-electron chi connectivity index (χ3n) is 2.60. The molecule has 0 fully saturated rings. The zero-order valence-electron chi connectivity index (χ0n) is 11.2. The van der Waals surface area contributed by atoms with Crippen molar-refractivity contribution in [2.45, 2.75) is 0 Å². The number of carbonyl (C=O) groups is 1. The second kappa shape index (κ2) is 7.46. The van der Waals surface area contributed by atoms with E-state index in [4.69, 9.17) is 10.00 Å². The molecule has 2 aromatic carbocycles. The molecule has 0 aliphatic heterocycles. The van der Waals surface area contributed by atoms with E-state index in [1.165, 1.54) is 6.21 Å². The number of benzene rings is 2. The molecule has 0 aliphatic rings. The molecule has 0 saturated carbocycles. The third kappa shape index (κ3) is 4.48. The van der Waals surface area contributed by atoms with Gasteiger partial charge in [0.05, 0.1) is 6.21 Å². The van der Waals surface area contributed by atoms with E-state index in [-0.39, 0.29) is 12.5 Å². The fourth-order valence-corrected chi connectivity index (χ4v) is 1.59. The minimum atomic E-state index is -0.263. The van der Waals surface area contributed by atoms with E-state index < -0.39 is 0 Å². The lowest BCUT2D eigenvalue weighted by molar-refractivity contribution is 0.0955. The number of nitrogens with one attached hydrogen (secondary N) is 1. The molecular weight excluding hydrogens is 266 g/mol. The second-order valence-electron chi connectivity index (χ2n) is 4.08. The van der Waals surface area contributed by atoms with Crippen molar-refractivity contribution in [3.05, 3.63) is 65.7 Å². The maximum atomic E-state index is 11.7. The van der Waals surface area contributed by atoms with Crippen LogP contribution in [0.25, 0.3) is 0 Å². The molecule has 0 heterocycles. The lowest BCUT2D eigenvalue weighted by Gasteiger charge is -2.01. The van der Waals surface area contributed by atoms with Crippen molar-refractivity contribution in [2.75, 3.05) is 6.61 Å². The Kier molecular flexibility index (Phi) is 5.07. The smallest absolute Gasteiger partial charge is 0.271 e. The number of hydrogen-bond donors (Lipinski definition) is 1. The summed E-state index contributed by atoms with van der Waals surface area (Å²) >= 11 is 0. The van der Waals surface area contributed by atoms with Crippen LogP contribution in [0, 0.1) is 11.3 Å². The van der Waals surface area contributed by atoms with Crippen LogP contribution in [0.4, 0.5) is 0 Å². The average Bonchev–Trinajstić information content (AvgIpc) is 2.55. The van der Waals surface area contributed by atoms with Crippen molar-refractivity contribution in [3.63, 3.8) is 0 Å². The minimum Gasteiger partial charge on any atom is -0.479 e. The Hall–Kier alpha value is -3.13. The molecule has 0 spiro atoms. The van der Waals surface area contributed by atoms with Crippen LogP contribution in [0.5, 0.6) is 5.75 Å². The Labute approximate surface area is 122 Å². The van der Waals surface area contributed by atoms with Gasteiger partial charge in [0.25, 0.3) is 5.91 Å². The predicted molar refractivity (Wildman–Crippen MR) is 79.1 cm³/mol. The standard InChI is InChI=1S/C16H13N3O2/c17-10-11-21-15-8-6-13(7-9-15)12-18-19-16(20)14-4-2-1-3-5-14/h1-9,12H,11H2,(H,19,20)/b18-12-. The second-order valence-corrected chi connectivity index (χ2v) is 4.08. The van der Waals surface area contributed by atoms with Crippen molar-refractivity contribution in [3.8, 4) is 11.8 Å². The van der Waals surface area contributed by atoms with E-state index >= 15 is 0 Å². The Morgan fingerprint density at radius 2 is 1.90 bits per heavy atom. The lowest BCUT2D eigenvalue weighted by atomic mass is 10.2. The molecule has 0 radical (unpaired) electrons. The maximum absolute atomic E-state index is 11.7. The molecule has 0 aliphatic carbocycles. The van der Waals surface area contributed by atoms with Crippen molar-refractivity contribution in [1.29, 1.82) is 5.26 Å². The monoisotopic (exact) mass is 279 g/mol. The SMILES string of the molecule is N#CCOc1ccc(/C=N\NC(=O)c2ccccc2)cc1. The summed E-state index contributed by atoms with van der Waals surface area (Å²) in [5.41, 5.74) is 3.82. The summed E-state index contributed by atoms with van der Waals surface area (Å²) in [6, 6.07) is 17.8. The highest BCUT2D eigenvalue weighted by Crippen LogP contribution is 2.10. The number of nitriles is 1. The van der Waals surface area contributed by atoms with Gasteiger partial charge in [-0.05, 0) is 42.0 Å². The summed E-state index contributed by atoms with van der Waals surface area (Å²) in [4.78, 5) is 11.7. The Morgan fingerprint density at radius 3 is 2.57 bits per heavy atom. The quantitative estimate of drug-likeness (QED) is 0.674. The molecular formula is C16H13N3O2. The van der Waals surface area contributed by atoms with E-state index in [0.717, 1.165) is 5.56 Å². The molecule has 2 aromatic rings. The first-order valence-electron chi connectivity index (χ1n) is 6.28. The largest absolute Gasteiger partial charge is 0.479 e. The topological polar surface area (TPSA) is 74.5 Å². The number of ether oxygens (including phenoxy) is 1. The molecule has 2 rings (SSSR count). The van der Waals surface area contributed by atoms with Gasteiger partial charge in [-0.3, -0.25) is 4.79 Å². The van der Waals surface area contributed by atoms with Crippen LogP contribution in [0.1, 0.15) is 15.9 Å². The van der Waals surface area contributed by atoms with Gasteiger partial charge in [-0.25, -0.2) is 5.43 Å². The van der Waals surface area contributed by atoms with E-state index in [0.29, 0.717) is 11.3 Å². The molecule has 1 N–H and O–H groups in total. The van der Waals surface area contributed by atoms with Crippen molar-refractivity contribution in [1.82, 2.24) is 5.43 Å². The normalized spacial score (nSPS) is 10.0. The number of hydrazone groups is 1. The van der Waals surface area contributed by atoms with Gasteiger partial charge < -0.3 is 4.74 Å². The molecule has 0 saturated heterocycles.